The van der Waals surface area contributed by atoms with Gasteiger partial charge in [0.15, 0.2) is 0 Å². The molecule has 1 saturated heterocycles. The molecule has 0 aromatic rings. The number of nitrogens with one attached hydrogen (secondary N) is 1. The topological polar surface area (TPSA) is 44.7 Å². The molecule has 0 radical (unpaired) electrons. The van der Waals surface area contributed by atoms with Gasteiger partial charge in [-0.25, -0.2) is 0 Å². The Balaban J connectivity index is 2.47. The van der Waals surface area contributed by atoms with Crippen molar-refractivity contribution in [2.24, 2.45) is 0 Å². The highest BCUT2D eigenvalue weighted by Crippen LogP contribution is 2.20. The van der Waals surface area contributed by atoms with Crippen molar-refractivity contribution in [2.45, 2.75) is 51.3 Å². The molecule has 102 valence electrons. The number of aliphatic hydroxyl groups excluding tert-OH is 1. The highest BCUT2D eigenvalue weighted by molar-refractivity contribution is 4.85. The first-order chi connectivity index (χ1) is 8.19. The number of methoxy groups -OCH3 is 1. The first-order valence-electron chi connectivity index (χ1n) is 6.83. The number of β-amino-alcohol motifs (C(OH)–C–C–N with tert-alkyl or cyclic N) is 1. The lowest BCUT2D eigenvalue weighted by Gasteiger charge is -2.40. The summed E-state index contributed by atoms with van der Waals surface area (Å²) in [4.78, 5) is 2.42. The molecule has 1 heterocycles. The molecule has 0 aliphatic carbocycles. The first kappa shape index (κ1) is 14.9. The number of aliphatic hydroxyl groups is 1. The van der Waals surface area contributed by atoms with Crippen molar-refractivity contribution in [1.82, 2.24) is 10.2 Å². The van der Waals surface area contributed by atoms with Crippen LogP contribution in [0.3, 0.4) is 0 Å². The molecule has 2 N–H and O–H groups in total. The highest BCUT2D eigenvalue weighted by Gasteiger charge is 2.28. The second-order valence-corrected chi connectivity index (χ2v) is 5.01. The number of hydrogen-bond acceptors (Lipinski definition) is 4. The summed E-state index contributed by atoms with van der Waals surface area (Å²) in [5.41, 5.74) is 0. The van der Waals surface area contributed by atoms with E-state index in [1.807, 2.05) is 0 Å². The van der Waals surface area contributed by atoms with Crippen LogP contribution in [0.15, 0.2) is 0 Å². The largest absolute Gasteiger partial charge is 0.389 e. The van der Waals surface area contributed by atoms with Gasteiger partial charge in [0.25, 0.3) is 0 Å². The second-order valence-electron chi connectivity index (χ2n) is 5.01. The van der Waals surface area contributed by atoms with Crippen molar-refractivity contribution in [3.05, 3.63) is 0 Å². The van der Waals surface area contributed by atoms with Crippen LogP contribution in [0.4, 0.5) is 0 Å². The quantitative estimate of drug-likeness (QED) is 0.697. The maximum absolute atomic E-state index is 9.84. The molecule has 0 aromatic heterocycles. The Morgan fingerprint density at radius 2 is 2.24 bits per heavy atom. The molecular weight excluding hydrogens is 216 g/mol. The van der Waals surface area contributed by atoms with Gasteiger partial charge in [-0.15, -0.1) is 0 Å². The predicted octanol–water partition coefficient (Wildman–Crippen LogP) is 0.846. The summed E-state index contributed by atoms with van der Waals surface area (Å²) in [6.45, 7) is 7.65. The lowest BCUT2D eigenvalue weighted by atomic mass is 9.96. The zero-order chi connectivity index (χ0) is 12.7. The zero-order valence-electron chi connectivity index (χ0n) is 11.5. The van der Waals surface area contributed by atoms with Crippen molar-refractivity contribution in [1.29, 1.82) is 0 Å². The van der Waals surface area contributed by atoms with Gasteiger partial charge in [0.05, 0.1) is 12.7 Å². The molecular formula is C13H28N2O2. The van der Waals surface area contributed by atoms with Gasteiger partial charge in [0.1, 0.15) is 0 Å². The van der Waals surface area contributed by atoms with E-state index < -0.39 is 0 Å². The molecule has 1 rings (SSSR count). The van der Waals surface area contributed by atoms with E-state index in [9.17, 15) is 5.11 Å². The monoisotopic (exact) mass is 244 g/mol. The summed E-state index contributed by atoms with van der Waals surface area (Å²) in [6.07, 6.45) is 3.41. The molecule has 1 aliphatic rings. The van der Waals surface area contributed by atoms with Crippen molar-refractivity contribution < 1.29 is 9.84 Å². The van der Waals surface area contributed by atoms with E-state index in [4.69, 9.17) is 4.74 Å². The van der Waals surface area contributed by atoms with Gasteiger partial charge in [-0.3, -0.25) is 4.90 Å². The van der Waals surface area contributed by atoms with E-state index >= 15 is 0 Å². The van der Waals surface area contributed by atoms with Crippen LogP contribution in [-0.4, -0.2) is 61.5 Å². The maximum Gasteiger partial charge on any atom is 0.0900 e. The van der Waals surface area contributed by atoms with E-state index in [-0.39, 0.29) is 6.10 Å². The van der Waals surface area contributed by atoms with Gasteiger partial charge in [0.2, 0.25) is 0 Å². The Labute approximate surface area is 105 Å². The summed E-state index contributed by atoms with van der Waals surface area (Å²) < 4.78 is 5.00. The van der Waals surface area contributed by atoms with Gasteiger partial charge < -0.3 is 15.2 Å². The van der Waals surface area contributed by atoms with Crippen LogP contribution in [0, 0.1) is 0 Å². The molecule has 3 atom stereocenters. The zero-order valence-corrected chi connectivity index (χ0v) is 11.5. The predicted molar refractivity (Wildman–Crippen MR) is 70.2 cm³/mol. The van der Waals surface area contributed by atoms with Crippen molar-refractivity contribution in [3.8, 4) is 0 Å². The van der Waals surface area contributed by atoms with Crippen LogP contribution >= 0.6 is 0 Å². The fraction of sp³-hybridized carbons (Fsp3) is 1.00. The lowest BCUT2D eigenvalue weighted by Crippen LogP contribution is -2.53. The van der Waals surface area contributed by atoms with Crippen LogP contribution < -0.4 is 5.32 Å². The standard InChI is InChI=1S/C13H28N2O2/c1-4-14-11(2)13-7-5-6-8-15(13)9-12(16)10-17-3/h11-14,16H,4-10H2,1-3H3. The van der Waals surface area contributed by atoms with Crippen molar-refractivity contribution in [2.75, 3.05) is 33.4 Å². The van der Waals surface area contributed by atoms with E-state index in [0.717, 1.165) is 19.6 Å². The van der Waals surface area contributed by atoms with Gasteiger partial charge in [-0.1, -0.05) is 13.3 Å². The average Bonchev–Trinajstić information content (AvgIpc) is 2.30. The van der Waals surface area contributed by atoms with Crippen LogP contribution in [0.5, 0.6) is 0 Å². The minimum Gasteiger partial charge on any atom is -0.389 e. The van der Waals surface area contributed by atoms with Crippen LogP contribution in [0.25, 0.3) is 0 Å². The third-order valence-corrected chi connectivity index (χ3v) is 3.57. The number of ether oxygens (including phenoxy) is 1. The SMILES string of the molecule is CCNC(C)C1CCCCN1CC(O)COC. The lowest BCUT2D eigenvalue weighted by molar-refractivity contribution is 0.0123. The Bertz CT molecular complexity index is 202. The van der Waals surface area contributed by atoms with E-state index in [0.29, 0.717) is 18.7 Å². The molecule has 0 spiro atoms. The summed E-state index contributed by atoms with van der Waals surface area (Å²) >= 11 is 0. The summed E-state index contributed by atoms with van der Waals surface area (Å²) in [5, 5.41) is 13.3. The number of rotatable bonds is 7. The van der Waals surface area contributed by atoms with E-state index in [1.54, 1.807) is 7.11 Å². The number of piperidine rings is 1. The summed E-state index contributed by atoms with van der Waals surface area (Å²) in [5.74, 6) is 0. The Morgan fingerprint density at radius 3 is 2.88 bits per heavy atom. The number of nitrogens with zero attached hydrogens (tertiary/aromatic N) is 1. The Morgan fingerprint density at radius 1 is 1.47 bits per heavy atom. The maximum atomic E-state index is 9.84. The Hall–Kier alpha value is -0.160. The summed E-state index contributed by atoms with van der Waals surface area (Å²) in [6, 6.07) is 1.05. The second kappa shape index (κ2) is 8.03. The molecule has 1 aliphatic heterocycles. The average molecular weight is 244 g/mol. The number of likely N-dealkylation sites (tertiary alicyclic amines) is 1. The molecule has 17 heavy (non-hydrogen) atoms. The summed E-state index contributed by atoms with van der Waals surface area (Å²) in [7, 11) is 1.64. The normalized spacial score (nSPS) is 25.8. The van der Waals surface area contributed by atoms with Crippen molar-refractivity contribution >= 4 is 0 Å². The minimum absolute atomic E-state index is 0.366. The molecule has 0 bridgehead atoms. The van der Waals surface area contributed by atoms with Crippen molar-refractivity contribution in [3.63, 3.8) is 0 Å². The highest BCUT2D eigenvalue weighted by atomic mass is 16.5. The molecule has 3 unspecified atom stereocenters. The Kier molecular flexibility index (Phi) is 7.04. The third-order valence-electron chi connectivity index (χ3n) is 3.57. The van der Waals surface area contributed by atoms with Crippen LogP contribution in [-0.2, 0) is 4.74 Å². The van der Waals surface area contributed by atoms with Crippen LogP contribution in [0.1, 0.15) is 33.1 Å². The number of likely N-dealkylation sites (N-methyl/N-ethyl adjacent to an activating group) is 1. The molecule has 1 fully saturated rings. The van der Waals surface area contributed by atoms with Gasteiger partial charge in [-0.2, -0.15) is 0 Å². The molecule has 0 amide bonds. The van der Waals surface area contributed by atoms with Gasteiger partial charge in [0, 0.05) is 25.7 Å². The van der Waals surface area contributed by atoms with E-state index in [2.05, 4.69) is 24.1 Å². The molecule has 0 aromatic carbocycles. The third kappa shape index (κ3) is 4.92. The van der Waals surface area contributed by atoms with E-state index in [1.165, 1.54) is 19.3 Å². The smallest absolute Gasteiger partial charge is 0.0900 e. The fourth-order valence-corrected chi connectivity index (χ4v) is 2.78. The number of hydrogen-bond donors (Lipinski definition) is 2. The van der Waals surface area contributed by atoms with Crippen LogP contribution in [0.2, 0.25) is 0 Å². The molecule has 4 heteroatoms. The van der Waals surface area contributed by atoms with Gasteiger partial charge in [-0.05, 0) is 32.9 Å². The van der Waals surface area contributed by atoms with Gasteiger partial charge >= 0.3 is 0 Å². The minimum atomic E-state index is -0.366. The molecule has 4 nitrogen and oxygen atoms in total. The fourth-order valence-electron chi connectivity index (χ4n) is 2.78. The first-order valence-corrected chi connectivity index (χ1v) is 6.83. The molecule has 0 saturated carbocycles.